The van der Waals surface area contributed by atoms with Crippen molar-refractivity contribution in [3.63, 3.8) is 0 Å². The Kier molecular flexibility index (Phi) is 22.5. The molecular weight excluding hydrogens is 1210 g/mol. The molecule has 4 heterocycles. The fourth-order valence-electron chi connectivity index (χ4n) is 7.31. The van der Waals surface area contributed by atoms with E-state index in [1.807, 2.05) is 72.8 Å². The number of thioether (sulfide) groups is 1. The lowest BCUT2D eigenvalue weighted by Gasteiger charge is -2.14. The molecule has 0 fully saturated rings. The number of rotatable bonds is 15. The number of carbonyl (C=O) groups excluding carboxylic acids is 1. The number of nitrogens with one attached hydrogen (secondary N) is 3. The molecule has 11 rings (SSSR count). The number of methoxy groups -OCH3 is 3. The van der Waals surface area contributed by atoms with Crippen LogP contribution in [-0.4, -0.2) is 123 Å². The van der Waals surface area contributed by atoms with Crippen molar-refractivity contribution in [3.05, 3.63) is 213 Å². The second kappa shape index (κ2) is 31.3. The Morgan fingerprint density at radius 1 is 0.591 bits per heavy atom. The molecule has 1 aliphatic heterocycles. The molecule has 0 spiro atoms. The zero-order valence-corrected chi connectivity index (χ0v) is 49.5. The molecule has 28 heteroatoms. The second-order valence-electron chi connectivity index (χ2n) is 17.6. The summed E-state index contributed by atoms with van der Waals surface area (Å²) in [7, 11) is 4.92. The van der Waals surface area contributed by atoms with Crippen molar-refractivity contribution in [2.45, 2.75) is 5.16 Å². The lowest BCUT2D eigenvalue weighted by atomic mass is 10.1. The van der Waals surface area contributed by atoms with E-state index in [2.05, 4.69) is 67.2 Å². The molecule has 10 aromatic rings. The number of nitrogens with zero attached hydrogens (tertiary/aromatic N) is 12. The third-order valence-corrected chi connectivity index (χ3v) is 13.8. The summed E-state index contributed by atoms with van der Waals surface area (Å²) < 4.78 is 17.4. The summed E-state index contributed by atoms with van der Waals surface area (Å²) in [6.07, 6.45) is 5.74. The molecule has 0 saturated heterocycles. The first-order valence-corrected chi connectivity index (χ1v) is 27.8. The van der Waals surface area contributed by atoms with Gasteiger partial charge in [0.1, 0.15) is 23.0 Å². The van der Waals surface area contributed by atoms with Gasteiger partial charge < -0.3 is 39.7 Å². The van der Waals surface area contributed by atoms with Crippen molar-refractivity contribution in [2.75, 3.05) is 37.9 Å². The van der Waals surface area contributed by atoms with Gasteiger partial charge in [-0.1, -0.05) is 76.9 Å². The Morgan fingerprint density at radius 2 is 1.23 bits per heavy atom. The molecule has 7 aromatic carbocycles. The van der Waals surface area contributed by atoms with Gasteiger partial charge in [-0.05, 0) is 145 Å². The third-order valence-electron chi connectivity index (χ3n) is 11.8. The van der Waals surface area contributed by atoms with Crippen molar-refractivity contribution >= 4 is 88.6 Å². The summed E-state index contributed by atoms with van der Waals surface area (Å²) in [5.74, 6) is 3.04. The van der Waals surface area contributed by atoms with Gasteiger partial charge >= 0.3 is 0 Å². The maximum atomic E-state index is 11.8. The highest BCUT2D eigenvalue weighted by atomic mass is 35.5. The van der Waals surface area contributed by atoms with Crippen LogP contribution in [0.3, 0.4) is 0 Å². The predicted octanol–water partition coefficient (Wildman–Crippen LogP) is 11.2. The molecular formula is C60H50Cl3N15O9S. The van der Waals surface area contributed by atoms with Crippen LogP contribution in [-0.2, 0) is 0 Å². The highest BCUT2D eigenvalue weighted by Gasteiger charge is 2.21. The third kappa shape index (κ3) is 17.6. The van der Waals surface area contributed by atoms with Gasteiger partial charge in [0.2, 0.25) is 5.16 Å². The highest BCUT2D eigenvalue weighted by molar-refractivity contribution is 7.99. The maximum Gasteiger partial charge on any atom is 0.275 e. The van der Waals surface area contributed by atoms with Gasteiger partial charge in [0.25, 0.3) is 11.9 Å². The molecule has 0 radical (unpaired) electrons. The number of amides is 1. The summed E-state index contributed by atoms with van der Waals surface area (Å²) in [5.41, 5.74) is 13.8. The summed E-state index contributed by atoms with van der Waals surface area (Å²) in [6, 6.07) is 46.4. The lowest BCUT2D eigenvalue weighted by molar-refractivity contribution is 0.0952. The summed E-state index contributed by atoms with van der Waals surface area (Å²) in [6.45, 7) is 0. The van der Waals surface area contributed by atoms with E-state index in [9.17, 15) is 30.3 Å². The van der Waals surface area contributed by atoms with E-state index in [4.69, 9.17) is 54.1 Å². The minimum Gasteiger partial charge on any atom is -0.507 e. The van der Waals surface area contributed by atoms with Crippen LogP contribution in [0, 0.1) is 0 Å². The Labute approximate surface area is 521 Å². The number of fused-ring (bicyclic) bond motifs is 1. The number of aromatic hydroxyl groups is 5. The number of aromatic nitrogens is 8. The van der Waals surface area contributed by atoms with E-state index in [0.717, 1.165) is 56.4 Å². The quantitative estimate of drug-likeness (QED) is 0.0269. The Bertz CT molecular complexity index is 4110. The lowest BCUT2D eigenvalue weighted by Crippen LogP contribution is -2.17. The zero-order valence-electron chi connectivity index (χ0n) is 46.4. The van der Waals surface area contributed by atoms with Gasteiger partial charge in [0, 0.05) is 28.0 Å². The number of benzene rings is 7. The first-order chi connectivity index (χ1) is 42.7. The molecule has 0 unspecified atom stereocenters. The van der Waals surface area contributed by atoms with Crippen LogP contribution in [0.2, 0.25) is 15.2 Å². The molecule has 0 aliphatic carbocycles. The molecule has 3 aromatic heterocycles. The van der Waals surface area contributed by atoms with Crippen molar-refractivity contribution < 1.29 is 44.5 Å². The number of carbonyl (C=O) groups is 1. The number of hydrogen-bond donors (Lipinski definition) is 8. The summed E-state index contributed by atoms with van der Waals surface area (Å²) in [4.78, 5) is 16.1. The first kappa shape index (κ1) is 63.2. The van der Waals surface area contributed by atoms with E-state index >= 15 is 0 Å². The fraction of sp³-hybridized carbons (Fsp3) is 0.0667. The summed E-state index contributed by atoms with van der Waals surface area (Å²) in [5, 5.41) is 88.9. The molecule has 1 aliphatic rings. The fourth-order valence-corrected chi connectivity index (χ4v) is 8.61. The monoisotopic (exact) mass is 1260 g/mol. The van der Waals surface area contributed by atoms with Crippen LogP contribution in [0.15, 0.2) is 196 Å². The second-order valence-corrected chi connectivity index (χ2v) is 19.7. The van der Waals surface area contributed by atoms with E-state index in [1.165, 1.54) is 49.0 Å². The standard InChI is InChI=1S/C18H16N4O2S.C17H15N5O3.C14H10Cl2N2O2.C11H9ClN4O2/c1-23-14-7-3-12(4-8-14)16-11-25-18-20-19-17(22(18)21-16)13-5-9-15(24-2)10-6-13;1-25-13-5-3-12(4-6-13)14-10-19-22-17(20-14)21-18-9-11-2-7-15(23)16(24)8-11;15-11-6-3-4-9(13(11)16)8-17-18-14(20)10-5-1-2-7-12(10)19;12-9-4-5-10(16-14-9)15-13-6-7-2-1-3-8(17)11(7)18/h3-10H,11H2,1-2H3;2-10,23-24H,1H3,(H,20,21,22);1-8,19H,(H,18,20);1-6,17-18H,(H,15,16)/b;18-9+;17-8+;13-6+. The number of halogens is 3. The topological polar surface area (TPSA) is 327 Å². The minimum atomic E-state index is -0.516. The molecule has 88 heavy (non-hydrogen) atoms. The van der Waals surface area contributed by atoms with Crippen LogP contribution in [0.5, 0.6) is 46.0 Å². The van der Waals surface area contributed by atoms with Gasteiger partial charge in [0.15, 0.2) is 39.8 Å². The van der Waals surface area contributed by atoms with E-state index in [1.54, 1.807) is 105 Å². The number of para-hydroxylation sites is 2. The molecule has 0 bridgehead atoms. The van der Waals surface area contributed by atoms with Crippen LogP contribution in [0.25, 0.3) is 22.6 Å². The Hall–Kier alpha value is -10.9. The SMILES string of the molecule is COc1ccc(-c2cnnc(N/N=C/c3ccc(O)c(O)c3)n2)cc1.COc1ccc(C2=Nn3c(nnc3-c3ccc(OC)cc3)SC2)cc1.O=C(N/N=C/c1cccc(Cl)c1Cl)c1ccccc1O.Oc1cccc(/C=N/Nc2ccc(Cl)nn2)c1O. The molecule has 0 saturated carbocycles. The zero-order chi connectivity index (χ0) is 62.4. The van der Waals surface area contributed by atoms with Crippen LogP contribution < -0.4 is 30.5 Å². The smallest absolute Gasteiger partial charge is 0.275 e. The minimum absolute atomic E-state index is 0.110. The van der Waals surface area contributed by atoms with Crippen LogP contribution in [0.1, 0.15) is 32.6 Å². The van der Waals surface area contributed by atoms with E-state index < -0.39 is 5.91 Å². The van der Waals surface area contributed by atoms with Gasteiger partial charge in [-0.25, -0.2) is 15.8 Å². The summed E-state index contributed by atoms with van der Waals surface area (Å²) >= 11 is 19.0. The van der Waals surface area contributed by atoms with Crippen molar-refractivity contribution in [1.29, 1.82) is 0 Å². The molecule has 24 nitrogen and oxygen atoms in total. The number of hydrogen-bond acceptors (Lipinski definition) is 23. The van der Waals surface area contributed by atoms with Crippen LogP contribution in [0.4, 0.5) is 11.8 Å². The maximum absolute atomic E-state index is 11.8. The number of ether oxygens (including phenoxy) is 3. The number of anilines is 2. The molecule has 446 valence electrons. The normalized spacial score (nSPS) is 11.4. The molecule has 1 amide bonds. The van der Waals surface area contributed by atoms with Crippen molar-refractivity contribution in [3.8, 4) is 68.6 Å². The predicted molar refractivity (Wildman–Crippen MR) is 338 cm³/mol. The van der Waals surface area contributed by atoms with E-state index in [0.29, 0.717) is 38.2 Å². The van der Waals surface area contributed by atoms with E-state index in [-0.39, 0.29) is 45.4 Å². The number of phenolic OH excluding ortho intramolecular Hbond substituents is 5. The Morgan fingerprint density at radius 3 is 1.90 bits per heavy atom. The Balaban J connectivity index is 0.000000153. The van der Waals surface area contributed by atoms with Crippen molar-refractivity contribution in [2.24, 2.45) is 20.4 Å². The number of phenols is 5. The highest BCUT2D eigenvalue weighted by Crippen LogP contribution is 2.31. The van der Waals surface area contributed by atoms with Gasteiger partial charge in [0.05, 0.1) is 73.2 Å². The molecule has 0 atom stereocenters. The van der Waals surface area contributed by atoms with Crippen molar-refractivity contribution in [1.82, 2.24) is 45.7 Å². The van der Waals surface area contributed by atoms with Gasteiger partial charge in [-0.15, -0.1) is 25.5 Å². The van der Waals surface area contributed by atoms with Gasteiger partial charge in [-0.2, -0.15) is 30.2 Å². The largest absolute Gasteiger partial charge is 0.507 e. The van der Waals surface area contributed by atoms with Crippen LogP contribution >= 0.6 is 46.6 Å². The average molecular weight is 1260 g/mol. The average Bonchev–Trinajstić information content (AvgIpc) is 3.21. The van der Waals surface area contributed by atoms with Gasteiger partial charge in [-0.3, -0.25) is 10.2 Å². The first-order valence-electron chi connectivity index (χ1n) is 25.6. The number of hydrazone groups is 3. The molecule has 8 N–H and O–H groups in total.